The Bertz CT molecular complexity index is 137. The molecule has 0 bridgehead atoms. The summed E-state index contributed by atoms with van der Waals surface area (Å²) in [6.07, 6.45) is 4.51. The molecular formula is C11H23N. The lowest BCUT2D eigenvalue weighted by molar-refractivity contribution is 0.886. The fraction of sp³-hybridized carbons (Fsp3) is 0.727. The highest BCUT2D eigenvalue weighted by atomic mass is 14.6. The molecule has 0 rings (SSSR count). The summed E-state index contributed by atoms with van der Waals surface area (Å²) in [6.45, 7) is 10.6. The van der Waals surface area contributed by atoms with Crippen molar-refractivity contribution in [1.29, 1.82) is 0 Å². The zero-order valence-corrected chi connectivity index (χ0v) is 9.44. The van der Waals surface area contributed by atoms with Crippen molar-refractivity contribution in [2.24, 2.45) is 4.99 Å². The van der Waals surface area contributed by atoms with Gasteiger partial charge in [0, 0.05) is 13.3 Å². The van der Waals surface area contributed by atoms with Crippen molar-refractivity contribution in [2.45, 2.75) is 47.5 Å². The largest absolute Gasteiger partial charge is 0.296 e. The number of unbranched alkanes of at least 4 members (excludes halogenated alkanes) is 1. The highest BCUT2D eigenvalue weighted by Gasteiger charge is 1.81. The monoisotopic (exact) mass is 169 g/mol. The predicted octanol–water partition coefficient (Wildman–Crippen LogP) is 3.85. The summed E-state index contributed by atoms with van der Waals surface area (Å²) in [7, 11) is 1.78. The summed E-state index contributed by atoms with van der Waals surface area (Å²) in [5.41, 5.74) is 2.59. The SMILES string of the molecule is CCCC.CN=CC(C)=C(C)C. The van der Waals surface area contributed by atoms with Crippen LogP contribution in [0, 0.1) is 0 Å². The Morgan fingerprint density at radius 2 is 1.50 bits per heavy atom. The molecule has 0 radical (unpaired) electrons. The van der Waals surface area contributed by atoms with Gasteiger partial charge in [0.2, 0.25) is 0 Å². The predicted molar refractivity (Wildman–Crippen MR) is 59.0 cm³/mol. The maximum Gasteiger partial charge on any atom is 0.0277 e. The van der Waals surface area contributed by atoms with Gasteiger partial charge < -0.3 is 0 Å². The number of nitrogens with zero attached hydrogens (tertiary/aromatic N) is 1. The molecule has 0 amide bonds. The molecule has 0 aromatic rings. The molecule has 0 unspecified atom stereocenters. The molecule has 1 heteroatoms. The van der Waals surface area contributed by atoms with Crippen LogP contribution in [0.4, 0.5) is 0 Å². The van der Waals surface area contributed by atoms with Gasteiger partial charge in [-0.3, -0.25) is 4.99 Å². The highest BCUT2D eigenvalue weighted by molar-refractivity contribution is 5.78. The molecule has 0 atom stereocenters. The van der Waals surface area contributed by atoms with Crippen LogP contribution in [0.25, 0.3) is 0 Å². The van der Waals surface area contributed by atoms with E-state index in [0.29, 0.717) is 0 Å². The Balaban J connectivity index is 0. The van der Waals surface area contributed by atoms with Crippen LogP contribution in [0.3, 0.4) is 0 Å². The molecular weight excluding hydrogens is 146 g/mol. The zero-order valence-electron chi connectivity index (χ0n) is 9.44. The number of allylic oxidation sites excluding steroid dienone is 2. The van der Waals surface area contributed by atoms with Crippen LogP contribution >= 0.6 is 0 Å². The second kappa shape index (κ2) is 10.4. The number of rotatable bonds is 2. The lowest BCUT2D eigenvalue weighted by Crippen LogP contribution is -1.79. The molecule has 0 aromatic carbocycles. The Morgan fingerprint density at radius 3 is 1.58 bits per heavy atom. The average Bonchev–Trinajstić information content (AvgIpc) is 2.05. The molecule has 0 aliphatic carbocycles. The maximum atomic E-state index is 3.87. The molecule has 0 aliphatic heterocycles. The van der Waals surface area contributed by atoms with Crippen LogP contribution < -0.4 is 0 Å². The van der Waals surface area contributed by atoms with Gasteiger partial charge >= 0.3 is 0 Å². The first-order valence-electron chi connectivity index (χ1n) is 4.66. The molecule has 0 aromatic heterocycles. The number of aliphatic imine (C=N–C) groups is 1. The second-order valence-corrected chi connectivity index (χ2v) is 3.07. The van der Waals surface area contributed by atoms with Gasteiger partial charge in [0.15, 0.2) is 0 Å². The van der Waals surface area contributed by atoms with Crippen molar-refractivity contribution >= 4 is 6.21 Å². The minimum Gasteiger partial charge on any atom is -0.296 e. The van der Waals surface area contributed by atoms with E-state index in [1.54, 1.807) is 7.05 Å². The van der Waals surface area contributed by atoms with Crippen LogP contribution in [0.2, 0.25) is 0 Å². The third kappa shape index (κ3) is 12.1. The number of hydrogen-bond acceptors (Lipinski definition) is 1. The summed E-state index contributed by atoms with van der Waals surface area (Å²) in [6, 6.07) is 0. The van der Waals surface area contributed by atoms with Gasteiger partial charge in [0.1, 0.15) is 0 Å². The van der Waals surface area contributed by atoms with Crippen LogP contribution in [0.15, 0.2) is 16.1 Å². The molecule has 0 saturated carbocycles. The Hall–Kier alpha value is -0.590. The molecule has 12 heavy (non-hydrogen) atoms. The van der Waals surface area contributed by atoms with Gasteiger partial charge in [-0.05, 0) is 26.3 Å². The molecule has 0 N–H and O–H groups in total. The van der Waals surface area contributed by atoms with E-state index in [0.717, 1.165) is 0 Å². The average molecular weight is 169 g/mol. The lowest BCUT2D eigenvalue weighted by Gasteiger charge is -1.91. The van der Waals surface area contributed by atoms with Gasteiger partial charge in [0.05, 0.1) is 0 Å². The molecule has 1 nitrogen and oxygen atoms in total. The van der Waals surface area contributed by atoms with Gasteiger partial charge in [0.25, 0.3) is 0 Å². The standard InChI is InChI=1S/C7H13N.C4H10/c1-6(2)7(3)5-8-4;1-3-4-2/h5H,1-4H3;3-4H2,1-2H3. The van der Waals surface area contributed by atoms with Crippen LogP contribution in [0.1, 0.15) is 47.5 Å². The fourth-order valence-corrected chi connectivity index (χ4v) is 0.323. The lowest BCUT2D eigenvalue weighted by atomic mass is 10.2. The maximum absolute atomic E-state index is 3.87. The Morgan fingerprint density at radius 1 is 1.08 bits per heavy atom. The van der Waals surface area contributed by atoms with Crippen molar-refractivity contribution < 1.29 is 0 Å². The topological polar surface area (TPSA) is 12.4 Å². The number of hydrogen-bond donors (Lipinski definition) is 0. The minimum atomic E-state index is 1.26. The van der Waals surface area contributed by atoms with Crippen LogP contribution in [-0.2, 0) is 0 Å². The third-order valence-electron chi connectivity index (χ3n) is 1.61. The molecule has 0 heterocycles. The van der Waals surface area contributed by atoms with E-state index in [1.165, 1.54) is 24.0 Å². The highest BCUT2D eigenvalue weighted by Crippen LogP contribution is 1.96. The van der Waals surface area contributed by atoms with E-state index < -0.39 is 0 Å². The van der Waals surface area contributed by atoms with Gasteiger partial charge in [-0.2, -0.15) is 0 Å². The fourth-order valence-electron chi connectivity index (χ4n) is 0.323. The summed E-state index contributed by atoms with van der Waals surface area (Å²) < 4.78 is 0. The van der Waals surface area contributed by atoms with E-state index in [2.05, 4.69) is 39.6 Å². The van der Waals surface area contributed by atoms with E-state index in [9.17, 15) is 0 Å². The van der Waals surface area contributed by atoms with Crippen molar-refractivity contribution in [3.63, 3.8) is 0 Å². The molecule has 0 aliphatic rings. The summed E-state index contributed by atoms with van der Waals surface area (Å²) >= 11 is 0. The molecule has 72 valence electrons. The third-order valence-corrected chi connectivity index (χ3v) is 1.61. The van der Waals surface area contributed by atoms with Gasteiger partial charge in [-0.25, -0.2) is 0 Å². The normalized spacial score (nSPS) is 9.17. The van der Waals surface area contributed by atoms with Crippen molar-refractivity contribution in [2.75, 3.05) is 7.05 Å². The van der Waals surface area contributed by atoms with Crippen LogP contribution in [-0.4, -0.2) is 13.3 Å². The summed E-state index contributed by atoms with van der Waals surface area (Å²) in [5, 5.41) is 0. The Kier molecular flexibility index (Phi) is 12.1. The summed E-state index contributed by atoms with van der Waals surface area (Å²) in [5.74, 6) is 0. The van der Waals surface area contributed by atoms with Gasteiger partial charge in [-0.15, -0.1) is 0 Å². The first-order valence-corrected chi connectivity index (χ1v) is 4.66. The first-order chi connectivity index (χ1) is 5.59. The van der Waals surface area contributed by atoms with Crippen LogP contribution in [0.5, 0.6) is 0 Å². The molecule has 0 saturated heterocycles. The smallest absolute Gasteiger partial charge is 0.0277 e. The van der Waals surface area contributed by atoms with Crippen molar-refractivity contribution in [3.8, 4) is 0 Å². The van der Waals surface area contributed by atoms with Crippen molar-refractivity contribution in [3.05, 3.63) is 11.1 Å². The first kappa shape index (κ1) is 14.0. The molecule has 0 fully saturated rings. The van der Waals surface area contributed by atoms with Crippen molar-refractivity contribution in [1.82, 2.24) is 0 Å². The van der Waals surface area contributed by atoms with E-state index >= 15 is 0 Å². The Labute approximate surface area is 77.6 Å². The molecule has 0 spiro atoms. The van der Waals surface area contributed by atoms with E-state index in [-0.39, 0.29) is 0 Å². The van der Waals surface area contributed by atoms with Gasteiger partial charge in [-0.1, -0.05) is 32.3 Å². The summed E-state index contributed by atoms with van der Waals surface area (Å²) in [4.78, 5) is 3.87. The zero-order chi connectivity index (χ0) is 9.98. The quantitative estimate of drug-likeness (QED) is 0.557. The van der Waals surface area contributed by atoms with E-state index in [1.807, 2.05) is 6.21 Å². The van der Waals surface area contributed by atoms with E-state index in [4.69, 9.17) is 0 Å². The second-order valence-electron chi connectivity index (χ2n) is 3.07. The minimum absolute atomic E-state index is 1.26.